The van der Waals surface area contributed by atoms with E-state index in [0.29, 0.717) is 12.6 Å². The predicted octanol–water partition coefficient (Wildman–Crippen LogP) is 1.29. The number of aliphatic hydroxyl groups is 1. The second-order valence-electron chi connectivity index (χ2n) is 8.25. The number of nitrogens with zero attached hydrogens (tertiary/aromatic N) is 3. The van der Waals surface area contributed by atoms with Crippen LogP contribution in [0.4, 0.5) is 0 Å². The first-order chi connectivity index (χ1) is 14.1. The molecule has 3 rings (SSSR count). The fourth-order valence-corrected chi connectivity index (χ4v) is 4.04. The Morgan fingerprint density at radius 3 is 2.41 bits per heavy atom. The second kappa shape index (κ2) is 11.1. The van der Waals surface area contributed by atoms with Crippen molar-refractivity contribution in [3.05, 3.63) is 23.8 Å². The molecular weight excluding hydrogens is 370 g/mol. The molecule has 2 fully saturated rings. The van der Waals surface area contributed by atoms with Gasteiger partial charge in [0.2, 0.25) is 0 Å². The van der Waals surface area contributed by atoms with Crippen molar-refractivity contribution in [1.29, 1.82) is 0 Å². The molecule has 0 saturated carbocycles. The van der Waals surface area contributed by atoms with E-state index in [-0.39, 0.29) is 6.61 Å². The second-order valence-corrected chi connectivity index (χ2v) is 8.25. The first-order valence-electron chi connectivity index (χ1n) is 10.7. The molecule has 1 aromatic rings. The summed E-state index contributed by atoms with van der Waals surface area (Å²) in [7, 11) is 5.60. The first kappa shape index (κ1) is 22.3. The highest BCUT2D eigenvalue weighted by atomic mass is 16.5. The zero-order chi connectivity index (χ0) is 20.6. The molecule has 0 aliphatic carbocycles. The lowest BCUT2D eigenvalue weighted by molar-refractivity contribution is 0.0376. The third-order valence-corrected chi connectivity index (χ3v) is 6.03. The number of piperazine rings is 1. The van der Waals surface area contributed by atoms with E-state index in [0.717, 1.165) is 75.7 Å². The van der Waals surface area contributed by atoms with E-state index in [2.05, 4.69) is 27.8 Å². The van der Waals surface area contributed by atoms with E-state index >= 15 is 0 Å². The molecule has 2 aliphatic heterocycles. The molecule has 1 atom stereocenters. The number of benzene rings is 1. The van der Waals surface area contributed by atoms with E-state index in [9.17, 15) is 5.11 Å². The summed E-state index contributed by atoms with van der Waals surface area (Å²) in [6.45, 7) is 7.91. The SMILES string of the molecule is COc1ccc(CN2CCC(OC)CC2)c(OC[C@H](O)CN2CCN(C)CC2)c1. The fraction of sp³-hybridized carbons (Fsp3) is 0.727. The number of methoxy groups -OCH3 is 2. The van der Waals surface area contributed by atoms with E-state index in [4.69, 9.17) is 14.2 Å². The van der Waals surface area contributed by atoms with Crippen LogP contribution >= 0.6 is 0 Å². The maximum Gasteiger partial charge on any atom is 0.127 e. The van der Waals surface area contributed by atoms with Gasteiger partial charge >= 0.3 is 0 Å². The van der Waals surface area contributed by atoms with Crippen LogP contribution in [-0.4, -0.2) is 106 Å². The Labute approximate surface area is 175 Å². The van der Waals surface area contributed by atoms with Gasteiger partial charge in [-0.05, 0) is 26.0 Å². The van der Waals surface area contributed by atoms with Gasteiger partial charge in [0, 0.05) is 71.1 Å². The molecule has 0 amide bonds. The van der Waals surface area contributed by atoms with Gasteiger partial charge in [-0.25, -0.2) is 0 Å². The summed E-state index contributed by atoms with van der Waals surface area (Å²) >= 11 is 0. The maximum absolute atomic E-state index is 10.5. The van der Waals surface area contributed by atoms with Gasteiger partial charge in [-0.2, -0.15) is 0 Å². The summed E-state index contributed by atoms with van der Waals surface area (Å²) in [6, 6.07) is 5.98. The van der Waals surface area contributed by atoms with Crippen LogP contribution in [0.3, 0.4) is 0 Å². The minimum atomic E-state index is -0.505. The van der Waals surface area contributed by atoms with Gasteiger partial charge in [0.05, 0.1) is 13.2 Å². The van der Waals surface area contributed by atoms with Crippen LogP contribution in [0, 0.1) is 0 Å². The monoisotopic (exact) mass is 407 g/mol. The van der Waals surface area contributed by atoms with Crippen molar-refractivity contribution in [3.63, 3.8) is 0 Å². The first-order valence-corrected chi connectivity index (χ1v) is 10.7. The molecule has 2 saturated heterocycles. The number of likely N-dealkylation sites (N-methyl/N-ethyl adjacent to an activating group) is 1. The Balaban J connectivity index is 1.54. The topological polar surface area (TPSA) is 57.6 Å². The van der Waals surface area contributed by atoms with Gasteiger partial charge in [-0.1, -0.05) is 6.07 Å². The standard InChI is InChI=1S/C22H37N3O4/c1-23-10-12-25(13-11-23)16-19(26)17-29-22-14-21(28-3)5-4-18(22)15-24-8-6-20(27-2)7-9-24/h4-5,14,19-20,26H,6-13,15-17H2,1-3H3/t19-/m1/s1. The molecule has 0 bridgehead atoms. The Hall–Kier alpha value is -1.38. The van der Waals surface area contributed by atoms with Crippen LogP contribution in [0.15, 0.2) is 18.2 Å². The van der Waals surface area contributed by atoms with Crippen molar-refractivity contribution in [2.45, 2.75) is 31.6 Å². The fourth-order valence-electron chi connectivity index (χ4n) is 4.04. The largest absolute Gasteiger partial charge is 0.497 e. The zero-order valence-electron chi connectivity index (χ0n) is 18.2. The van der Waals surface area contributed by atoms with Crippen molar-refractivity contribution < 1.29 is 19.3 Å². The van der Waals surface area contributed by atoms with Gasteiger partial charge in [-0.15, -0.1) is 0 Å². The summed E-state index contributed by atoms with van der Waals surface area (Å²) in [5.41, 5.74) is 1.13. The molecule has 7 nitrogen and oxygen atoms in total. The smallest absolute Gasteiger partial charge is 0.127 e. The van der Waals surface area contributed by atoms with E-state index in [1.807, 2.05) is 12.1 Å². The molecule has 0 spiro atoms. The highest BCUT2D eigenvalue weighted by Gasteiger charge is 2.21. The Kier molecular flexibility index (Phi) is 8.56. The van der Waals surface area contributed by atoms with Gasteiger partial charge in [0.25, 0.3) is 0 Å². The highest BCUT2D eigenvalue weighted by molar-refractivity contribution is 5.40. The molecule has 1 N–H and O–H groups in total. The van der Waals surface area contributed by atoms with Gasteiger partial charge in [0.15, 0.2) is 0 Å². The van der Waals surface area contributed by atoms with Crippen LogP contribution in [0.5, 0.6) is 11.5 Å². The third-order valence-electron chi connectivity index (χ3n) is 6.03. The number of likely N-dealkylation sites (tertiary alicyclic amines) is 1. The van der Waals surface area contributed by atoms with Crippen molar-refractivity contribution >= 4 is 0 Å². The van der Waals surface area contributed by atoms with Gasteiger partial charge < -0.3 is 24.2 Å². The van der Waals surface area contributed by atoms with Crippen LogP contribution in [0.25, 0.3) is 0 Å². The maximum atomic E-state index is 10.5. The Morgan fingerprint density at radius 2 is 1.76 bits per heavy atom. The van der Waals surface area contributed by atoms with E-state index in [1.165, 1.54) is 0 Å². The summed E-state index contributed by atoms with van der Waals surface area (Å²) in [5, 5.41) is 10.5. The number of β-amino-alcohol motifs (C(OH)–C–C–N with tert-alkyl or cyclic N) is 1. The predicted molar refractivity (Wildman–Crippen MR) is 114 cm³/mol. The van der Waals surface area contributed by atoms with Crippen molar-refractivity contribution in [2.75, 3.05) is 73.7 Å². The van der Waals surface area contributed by atoms with Crippen molar-refractivity contribution in [1.82, 2.24) is 14.7 Å². The molecular formula is C22H37N3O4. The lowest BCUT2D eigenvalue weighted by Gasteiger charge is -2.33. The van der Waals surface area contributed by atoms with Crippen LogP contribution in [0.1, 0.15) is 18.4 Å². The van der Waals surface area contributed by atoms with Crippen LogP contribution < -0.4 is 9.47 Å². The van der Waals surface area contributed by atoms with Crippen molar-refractivity contribution in [2.24, 2.45) is 0 Å². The minimum absolute atomic E-state index is 0.290. The summed E-state index contributed by atoms with van der Waals surface area (Å²) in [4.78, 5) is 7.06. The van der Waals surface area contributed by atoms with Gasteiger partial charge in [0.1, 0.15) is 24.2 Å². The average Bonchev–Trinajstić information content (AvgIpc) is 2.75. The van der Waals surface area contributed by atoms with Crippen molar-refractivity contribution in [3.8, 4) is 11.5 Å². The Morgan fingerprint density at radius 1 is 1.03 bits per heavy atom. The molecule has 29 heavy (non-hydrogen) atoms. The lowest BCUT2D eigenvalue weighted by atomic mass is 10.1. The zero-order valence-corrected chi connectivity index (χ0v) is 18.2. The Bertz CT molecular complexity index is 614. The number of hydrogen-bond donors (Lipinski definition) is 1. The van der Waals surface area contributed by atoms with Crippen LogP contribution in [-0.2, 0) is 11.3 Å². The number of ether oxygens (including phenoxy) is 3. The molecule has 0 radical (unpaired) electrons. The molecule has 2 heterocycles. The summed E-state index contributed by atoms with van der Waals surface area (Å²) in [6.07, 6.45) is 2.00. The minimum Gasteiger partial charge on any atom is -0.497 e. The quantitative estimate of drug-likeness (QED) is 0.662. The van der Waals surface area contributed by atoms with E-state index in [1.54, 1.807) is 14.2 Å². The summed E-state index contributed by atoms with van der Waals surface area (Å²) in [5.74, 6) is 1.58. The normalized spacial score (nSPS) is 21.2. The number of rotatable bonds is 9. The summed E-state index contributed by atoms with van der Waals surface area (Å²) < 4.78 is 16.9. The molecule has 0 unspecified atom stereocenters. The van der Waals surface area contributed by atoms with Crippen LogP contribution in [0.2, 0.25) is 0 Å². The molecule has 7 heteroatoms. The molecule has 2 aliphatic rings. The molecule has 0 aromatic heterocycles. The highest BCUT2D eigenvalue weighted by Crippen LogP contribution is 2.27. The lowest BCUT2D eigenvalue weighted by Crippen LogP contribution is -2.47. The third kappa shape index (κ3) is 6.83. The average molecular weight is 408 g/mol. The number of aliphatic hydroxyl groups excluding tert-OH is 1. The van der Waals surface area contributed by atoms with Gasteiger partial charge in [-0.3, -0.25) is 9.80 Å². The number of piperidine rings is 1. The number of hydrogen-bond acceptors (Lipinski definition) is 7. The van der Waals surface area contributed by atoms with E-state index < -0.39 is 6.10 Å². The molecule has 1 aromatic carbocycles. The molecule has 164 valence electrons.